The highest BCUT2D eigenvalue weighted by Gasteiger charge is 2.35. The summed E-state index contributed by atoms with van der Waals surface area (Å²) in [6.45, 7) is 5.22. The number of anilines is 1. The zero-order chi connectivity index (χ0) is 20.6. The Kier molecular flexibility index (Phi) is 4.91. The molecule has 29 heavy (non-hydrogen) atoms. The van der Waals surface area contributed by atoms with E-state index in [0.717, 1.165) is 19.4 Å². The van der Waals surface area contributed by atoms with Gasteiger partial charge in [-0.1, -0.05) is 0 Å². The van der Waals surface area contributed by atoms with Crippen molar-refractivity contribution in [1.82, 2.24) is 24.3 Å². The lowest BCUT2D eigenvalue weighted by molar-refractivity contribution is -0.129. The summed E-state index contributed by atoms with van der Waals surface area (Å²) in [5.41, 5.74) is 6.12. The van der Waals surface area contributed by atoms with Crippen LogP contribution in [0.5, 0.6) is 0 Å². The first-order chi connectivity index (χ1) is 13.8. The molecular weight excluding hydrogens is 373 g/mol. The molecule has 1 fully saturated rings. The van der Waals surface area contributed by atoms with E-state index in [1.165, 1.54) is 12.3 Å². The number of hydrogen-bond acceptors (Lipinski definition) is 6. The summed E-state index contributed by atoms with van der Waals surface area (Å²) in [7, 11) is 0. The van der Waals surface area contributed by atoms with Gasteiger partial charge in [0.25, 0.3) is 0 Å². The van der Waals surface area contributed by atoms with E-state index < -0.39 is 5.54 Å². The number of primary amides is 1. The molecule has 1 saturated heterocycles. The number of piperidine rings is 1. The molecule has 9 heteroatoms. The van der Waals surface area contributed by atoms with E-state index in [1.54, 1.807) is 28.9 Å². The van der Waals surface area contributed by atoms with Crippen LogP contribution in [-0.2, 0) is 4.79 Å². The molecule has 0 spiro atoms. The Morgan fingerprint density at radius 2 is 2.14 bits per heavy atom. The molecule has 3 aromatic rings. The highest BCUT2D eigenvalue weighted by atomic mass is 19.1. The predicted molar refractivity (Wildman–Crippen MR) is 108 cm³/mol. The first-order valence-electron chi connectivity index (χ1n) is 9.62. The molecule has 8 nitrogen and oxygen atoms in total. The fraction of sp³-hybridized carbons (Fsp3) is 0.400. The molecule has 152 valence electrons. The summed E-state index contributed by atoms with van der Waals surface area (Å²) < 4.78 is 15.3. The Labute approximate surface area is 168 Å². The molecule has 1 aliphatic rings. The molecule has 0 aromatic carbocycles. The Hall–Kier alpha value is -3.07. The maximum atomic E-state index is 13.6. The highest BCUT2D eigenvalue weighted by Crippen LogP contribution is 2.23. The van der Waals surface area contributed by atoms with Crippen LogP contribution in [-0.4, -0.2) is 54.8 Å². The van der Waals surface area contributed by atoms with Gasteiger partial charge in [-0.15, -0.1) is 0 Å². The molecule has 1 atom stereocenters. The number of hydrogen-bond donors (Lipinski definition) is 2. The van der Waals surface area contributed by atoms with E-state index in [0.29, 0.717) is 29.5 Å². The van der Waals surface area contributed by atoms with Crippen molar-refractivity contribution in [3.8, 4) is 11.5 Å². The van der Waals surface area contributed by atoms with Crippen LogP contribution in [0, 0.1) is 5.82 Å². The molecule has 0 radical (unpaired) electrons. The van der Waals surface area contributed by atoms with Crippen LogP contribution in [0.3, 0.4) is 0 Å². The number of fused-ring (bicyclic) bond motifs is 1. The number of halogens is 1. The zero-order valence-electron chi connectivity index (χ0n) is 16.5. The van der Waals surface area contributed by atoms with E-state index in [1.807, 2.05) is 13.8 Å². The van der Waals surface area contributed by atoms with Crippen molar-refractivity contribution in [2.45, 2.75) is 38.3 Å². The molecular formula is C20H24FN7O. The molecule has 0 saturated carbocycles. The third-order valence-electron chi connectivity index (χ3n) is 5.52. The number of carbonyl (C=O) groups is 1. The summed E-state index contributed by atoms with van der Waals surface area (Å²) >= 11 is 0. The zero-order valence-corrected chi connectivity index (χ0v) is 16.5. The average Bonchev–Trinajstić information content (AvgIpc) is 3.11. The van der Waals surface area contributed by atoms with Gasteiger partial charge in [-0.2, -0.15) is 0 Å². The summed E-state index contributed by atoms with van der Waals surface area (Å²) in [6.07, 6.45) is 6.58. The maximum absolute atomic E-state index is 13.6. The van der Waals surface area contributed by atoms with Gasteiger partial charge in [0.1, 0.15) is 23.0 Å². The van der Waals surface area contributed by atoms with Crippen LogP contribution in [0.2, 0.25) is 0 Å². The monoisotopic (exact) mass is 397 g/mol. The molecule has 0 aliphatic carbocycles. The van der Waals surface area contributed by atoms with E-state index >= 15 is 0 Å². The molecule has 1 unspecified atom stereocenters. The van der Waals surface area contributed by atoms with Gasteiger partial charge in [-0.25, -0.2) is 19.3 Å². The number of aromatic nitrogens is 4. The number of nitrogens with zero attached hydrogens (tertiary/aromatic N) is 5. The molecule has 3 aromatic heterocycles. The van der Waals surface area contributed by atoms with Crippen LogP contribution in [0.4, 0.5) is 10.2 Å². The lowest BCUT2D eigenvalue weighted by Gasteiger charge is -2.41. The Balaban J connectivity index is 1.55. The molecule has 0 bridgehead atoms. The molecule has 1 amide bonds. The van der Waals surface area contributed by atoms with E-state index in [4.69, 9.17) is 5.73 Å². The van der Waals surface area contributed by atoms with Crippen LogP contribution in [0.15, 0.2) is 36.8 Å². The number of likely N-dealkylation sites (tertiary alicyclic amines) is 1. The first-order valence-corrected chi connectivity index (χ1v) is 9.62. The first kappa shape index (κ1) is 19.3. The van der Waals surface area contributed by atoms with Crippen LogP contribution in [0.25, 0.3) is 17.2 Å². The van der Waals surface area contributed by atoms with E-state index in [9.17, 15) is 9.18 Å². The molecule has 1 aliphatic heterocycles. The topological polar surface area (TPSA) is 101 Å². The van der Waals surface area contributed by atoms with Crippen molar-refractivity contribution in [3.63, 3.8) is 0 Å². The number of imidazole rings is 1. The average molecular weight is 397 g/mol. The second-order valence-electron chi connectivity index (χ2n) is 7.84. The van der Waals surface area contributed by atoms with Crippen LogP contribution < -0.4 is 11.1 Å². The van der Waals surface area contributed by atoms with Gasteiger partial charge >= 0.3 is 0 Å². The SMILES string of the molecule is CC(C)(C(N)=O)N1CCCC(Nc2ccnc(-c3cnc4ccc(F)cn34)n2)C1. The fourth-order valence-corrected chi connectivity index (χ4v) is 3.65. The fourth-order valence-electron chi connectivity index (χ4n) is 3.65. The molecule has 4 heterocycles. The lowest BCUT2D eigenvalue weighted by Crippen LogP contribution is -2.58. The number of nitrogens with two attached hydrogens (primary N) is 1. The van der Waals surface area contributed by atoms with Crippen LogP contribution >= 0.6 is 0 Å². The summed E-state index contributed by atoms with van der Waals surface area (Å²) in [5, 5.41) is 3.44. The van der Waals surface area contributed by atoms with Crippen molar-refractivity contribution < 1.29 is 9.18 Å². The minimum absolute atomic E-state index is 0.129. The molecule has 3 N–H and O–H groups in total. The standard InChI is InChI=1S/C20H24FN7O/c1-20(2,19(22)29)27-9-3-4-14(12-27)25-16-7-8-23-18(26-16)15-10-24-17-6-5-13(21)11-28(15)17/h5-8,10-11,14H,3-4,9,12H2,1-2H3,(H2,22,29)(H,23,25,26). The summed E-state index contributed by atoms with van der Waals surface area (Å²) in [6, 6.07) is 4.90. The largest absolute Gasteiger partial charge is 0.368 e. The van der Waals surface area contributed by atoms with Gasteiger partial charge in [0, 0.05) is 25.0 Å². The second kappa shape index (κ2) is 7.40. The third-order valence-corrected chi connectivity index (χ3v) is 5.52. The third kappa shape index (κ3) is 3.77. The minimum atomic E-state index is -0.697. The number of amides is 1. The summed E-state index contributed by atoms with van der Waals surface area (Å²) in [5.74, 6) is 0.441. The van der Waals surface area contributed by atoms with Gasteiger partial charge in [0.15, 0.2) is 5.82 Å². The second-order valence-corrected chi connectivity index (χ2v) is 7.84. The van der Waals surface area contributed by atoms with Crippen molar-refractivity contribution >= 4 is 17.4 Å². The highest BCUT2D eigenvalue weighted by molar-refractivity contribution is 5.83. The van der Waals surface area contributed by atoms with Gasteiger partial charge in [-0.05, 0) is 51.4 Å². The Morgan fingerprint density at radius 1 is 1.31 bits per heavy atom. The minimum Gasteiger partial charge on any atom is -0.368 e. The van der Waals surface area contributed by atoms with Gasteiger partial charge in [-0.3, -0.25) is 14.1 Å². The Bertz CT molecular complexity index is 1050. The number of nitrogens with one attached hydrogen (secondary N) is 1. The Morgan fingerprint density at radius 3 is 2.93 bits per heavy atom. The number of pyridine rings is 1. The van der Waals surface area contributed by atoms with E-state index in [-0.39, 0.29) is 17.8 Å². The maximum Gasteiger partial charge on any atom is 0.237 e. The van der Waals surface area contributed by atoms with Crippen molar-refractivity contribution in [2.75, 3.05) is 18.4 Å². The van der Waals surface area contributed by atoms with Gasteiger partial charge < -0.3 is 11.1 Å². The number of rotatable bonds is 5. The summed E-state index contributed by atoms with van der Waals surface area (Å²) in [4.78, 5) is 27.1. The lowest BCUT2D eigenvalue weighted by atomic mass is 9.96. The van der Waals surface area contributed by atoms with Crippen molar-refractivity contribution in [1.29, 1.82) is 0 Å². The van der Waals surface area contributed by atoms with Crippen molar-refractivity contribution in [3.05, 3.63) is 42.6 Å². The van der Waals surface area contributed by atoms with E-state index in [2.05, 4.69) is 25.2 Å². The van der Waals surface area contributed by atoms with Crippen molar-refractivity contribution in [2.24, 2.45) is 5.73 Å². The molecule has 4 rings (SSSR count). The quantitative estimate of drug-likeness (QED) is 0.683. The van der Waals surface area contributed by atoms with Crippen LogP contribution in [0.1, 0.15) is 26.7 Å². The van der Waals surface area contributed by atoms with Gasteiger partial charge in [0.2, 0.25) is 5.91 Å². The predicted octanol–water partition coefficient (Wildman–Crippen LogP) is 2.07. The smallest absolute Gasteiger partial charge is 0.237 e. The number of carbonyl (C=O) groups excluding carboxylic acids is 1. The van der Waals surface area contributed by atoms with Gasteiger partial charge in [0.05, 0.1) is 11.7 Å². The normalized spacial score (nSPS) is 18.1.